The van der Waals surface area contributed by atoms with Gasteiger partial charge in [0.1, 0.15) is 11.6 Å². The molecule has 2 atom stereocenters. The van der Waals surface area contributed by atoms with Gasteiger partial charge in [0, 0.05) is 10.9 Å². The number of anilines is 1. The number of carbonyl (C=O) groups is 1. The van der Waals surface area contributed by atoms with E-state index in [1.54, 1.807) is 42.3 Å². The number of sulfone groups is 1. The number of aliphatic imine (C=N–C) groups is 1. The number of thioether (sulfide) groups is 1. The number of nitrogens with zero attached hydrogens (tertiary/aromatic N) is 2. The Morgan fingerprint density at radius 1 is 1.27 bits per heavy atom. The Hall–Kier alpha value is -2.10. The number of methoxy groups -OCH3 is 1. The van der Waals surface area contributed by atoms with Crippen molar-refractivity contribution >= 4 is 50.0 Å². The summed E-state index contributed by atoms with van der Waals surface area (Å²) in [5.74, 6) is -0.368. The summed E-state index contributed by atoms with van der Waals surface area (Å²) < 4.78 is 43.4. The van der Waals surface area contributed by atoms with E-state index in [1.807, 2.05) is 0 Å². The minimum Gasteiger partial charge on any atom is -0.497 e. The summed E-state index contributed by atoms with van der Waals surface area (Å²) in [6, 6.07) is 10.9. The second-order valence-corrected chi connectivity index (χ2v) is 10.8. The van der Waals surface area contributed by atoms with E-state index in [9.17, 15) is 17.6 Å². The molecule has 0 saturated carbocycles. The topological polar surface area (TPSA) is 76.0 Å². The zero-order valence-corrected chi connectivity index (χ0v) is 18.3. The fraction of sp³-hybridized carbons (Fsp3) is 0.300. The maximum absolute atomic E-state index is 14.1. The van der Waals surface area contributed by atoms with Gasteiger partial charge in [-0.15, -0.1) is 0 Å². The van der Waals surface area contributed by atoms with Crippen LogP contribution in [0.4, 0.5) is 10.1 Å². The van der Waals surface area contributed by atoms with Gasteiger partial charge in [0.2, 0.25) is 0 Å². The van der Waals surface area contributed by atoms with E-state index >= 15 is 0 Å². The standard InChI is InChI=1S/C20H18ClFN2O4S2/c1-28-14-5-2-12(3-6-14)8-19(25)23-20-24(13-4-7-15(21)16(22)9-13)17-10-30(26,27)11-18(17)29-20/h2-7,9,17-18H,8,10-11H2,1H3/t17-,18+/m0/s1. The number of rotatable bonds is 4. The fourth-order valence-corrected chi connectivity index (χ4v) is 7.61. The molecular weight excluding hydrogens is 451 g/mol. The molecule has 0 N–H and O–H groups in total. The van der Waals surface area contributed by atoms with Gasteiger partial charge in [0.25, 0.3) is 5.91 Å². The van der Waals surface area contributed by atoms with E-state index in [0.29, 0.717) is 16.6 Å². The Balaban J connectivity index is 1.62. The Kier molecular flexibility index (Phi) is 5.78. The second kappa shape index (κ2) is 8.20. The molecule has 6 nitrogen and oxygen atoms in total. The molecule has 1 amide bonds. The molecule has 2 fully saturated rings. The maximum atomic E-state index is 14.1. The van der Waals surface area contributed by atoms with Crippen LogP contribution in [-0.4, -0.2) is 49.4 Å². The van der Waals surface area contributed by atoms with Crippen molar-refractivity contribution in [2.75, 3.05) is 23.5 Å². The van der Waals surface area contributed by atoms with E-state index in [2.05, 4.69) is 4.99 Å². The maximum Gasteiger partial charge on any atom is 0.252 e. The third kappa shape index (κ3) is 4.33. The van der Waals surface area contributed by atoms with Crippen molar-refractivity contribution in [2.45, 2.75) is 17.7 Å². The lowest BCUT2D eigenvalue weighted by atomic mass is 10.1. The lowest BCUT2D eigenvalue weighted by Crippen LogP contribution is -2.37. The van der Waals surface area contributed by atoms with Gasteiger partial charge in [-0.25, -0.2) is 12.8 Å². The molecule has 30 heavy (non-hydrogen) atoms. The molecule has 0 aliphatic carbocycles. The van der Waals surface area contributed by atoms with Crippen molar-refractivity contribution < 1.29 is 22.3 Å². The molecular formula is C20H18ClFN2O4S2. The molecule has 2 aromatic rings. The van der Waals surface area contributed by atoms with Crippen molar-refractivity contribution in [1.82, 2.24) is 0 Å². The number of hydrogen-bond acceptors (Lipinski definition) is 5. The van der Waals surface area contributed by atoms with Crippen LogP contribution in [0.25, 0.3) is 0 Å². The van der Waals surface area contributed by atoms with Crippen LogP contribution in [0.1, 0.15) is 5.56 Å². The third-order valence-corrected chi connectivity index (χ3v) is 8.50. The van der Waals surface area contributed by atoms with Crippen LogP contribution in [0.5, 0.6) is 5.75 Å². The molecule has 0 aromatic heterocycles. The van der Waals surface area contributed by atoms with Crippen molar-refractivity contribution in [3.8, 4) is 5.75 Å². The Morgan fingerprint density at radius 2 is 2.00 bits per heavy atom. The number of amidine groups is 1. The molecule has 2 heterocycles. The van der Waals surface area contributed by atoms with E-state index in [0.717, 1.165) is 5.56 Å². The van der Waals surface area contributed by atoms with E-state index < -0.39 is 21.7 Å². The number of amides is 1. The molecule has 4 rings (SSSR count). The van der Waals surface area contributed by atoms with Gasteiger partial charge < -0.3 is 9.64 Å². The molecule has 2 saturated heterocycles. The molecule has 2 aliphatic heterocycles. The number of benzene rings is 2. The van der Waals surface area contributed by atoms with Crippen LogP contribution in [0.15, 0.2) is 47.5 Å². The van der Waals surface area contributed by atoms with Crippen molar-refractivity contribution in [3.63, 3.8) is 0 Å². The molecule has 2 aromatic carbocycles. The van der Waals surface area contributed by atoms with Gasteiger partial charge in [-0.05, 0) is 35.9 Å². The highest BCUT2D eigenvalue weighted by atomic mass is 35.5. The van der Waals surface area contributed by atoms with Crippen molar-refractivity contribution in [2.24, 2.45) is 4.99 Å². The highest BCUT2D eigenvalue weighted by Crippen LogP contribution is 2.41. The first-order valence-electron chi connectivity index (χ1n) is 9.11. The Labute approximate surface area is 183 Å². The SMILES string of the molecule is COc1ccc(CC(=O)N=C2S[C@@H]3CS(=O)(=O)C[C@@H]3N2c2ccc(Cl)c(F)c2)cc1. The second-order valence-electron chi connectivity index (χ2n) is 7.08. The Morgan fingerprint density at radius 3 is 2.67 bits per heavy atom. The zero-order valence-electron chi connectivity index (χ0n) is 15.9. The molecule has 0 spiro atoms. The lowest BCUT2D eigenvalue weighted by Gasteiger charge is -2.24. The third-order valence-electron chi connectivity index (χ3n) is 4.98. The van der Waals surface area contributed by atoms with E-state index in [-0.39, 0.29) is 34.1 Å². The van der Waals surface area contributed by atoms with E-state index in [1.165, 1.54) is 23.9 Å². The number of hydrogen-bond donors (Lipinski definition) is 0. The number of fused-ring (bicyclic) bond motifs is 1. The van der Waals surface area contributed by atoms with Crippen LogP contribution >= 0.6 is 23.4 Å². The lowest BCUT2D eigenvalue weighted by molar-refractivity contribution is -0.117. The van der Waals surface area contributed by atoms with Crippen LogP contribution < -0.4 is 9.64 Å². The van der Waals surface area contributed by atoms with Crippen LogP contribution in [0.3, 0.4) is 0 Å². The fourth-order valence-electron chi connectivity index (χ4n) is 3.57. The molecule has 2 aliphatic rings. The minimum atomic E-state index is -3.21. The van der Waals surface area contributed by atoms with Gasteiger partial charge in [-0.2, -0.15) is 4.99 Å². The summed E-state index contributed by atoms with van der Waals surface area (Å²) in [5.41, 5.74) is 1.20. The monoisotopic (exact) mass is 468 g/mol. The summed E-state index contributed by atoms with van der Waals surface area (Å²) in [6.07, 6.45) is 0.0878. The molecule has 0 radical (unpaired) electrons. The van der Waals surface area contributed by atoms with Crippen LogP contribution in [0, 0.1) is 5.82 Å². The first-order chi connectivity index (χ1) is 14.3. The first-order valence-corrected chi connectivity index (χ1v) is 12.2. The summed E-state index contributed by atoms with van der Waals surface area (Å²) in [4.78, 5) is 18.5. The van der Waals surface area contributed by atoms with Crippen LogP contribution in [0.2, 0.25) is 5.02 Å². The molecule has 0 bridgehead atoms. The minimum absolute atomic E-state index is 0.000591. The summed E-state index contributed by atoms with van der Waals surface area (Å²) in [5, 5.41) is 0.0803. The largest absolute Gasteiger partial charge is 0.497 e. The van der Waals surface area contributed by atoms with E-state index in [4.69, 9.17) is 16.3 Å². The van der Waals surface area contributed by atoms with Gasteiger partial charge in [0.05, 0.1) is 36.1 Å². The van der Waals surface area contributed by atoms with Gasteiger partial charge in [-0.1, -0.05) is 35.5 Å². The zero-order chi connectivity index (χ0) is 21.5. The molecule has 0 unspecified atom stereocenters. The Bertz CT molecular complexity index is 1120. The predicted octanol–water partition coefficient (Wildman–Crippen LogP) is 3.33. The predicted molar refractivity (Wildman–Crippen MR) is 117 cm³/mol. The summed E-state index contributed by atoms with van der Waals surface area (Å²) in [6.45, 7) is 0. The normalized spacial score (nSPS) is 23.6. The average molecular weight is 469 g/mol. The smallest absolute Gasteiger partial charge is 0.252 e. The molecule has 158 valence electrons. The number of ether oxygens (including phenoxy) is 1. The summed E-state index contributed by atoms with van der Waals surface area (Å²) in [7, 11) is -1.64. The first kappa shape index (κ1) is 21.1. The molecule has 10 heteroatoms. The van der Waals surface area contributed by atoms with Crippen molar-refractivity contribution in [3.05, 3.63) is 58.9 Å². The summed E-state index contributed by atoms with van der Waals surface area (Å²) >= 11 is 7.03. The average Bonchev–Trinajstić information content (AvgIpc) is 3.15. The van der Waals surface area contributed by atoms with Gasteiger partial charge in [0.15, 0.2) is 15.0 Å². The van der Waals surface area contributed by atoms with Gasteiger partial charge in [-0.3, -0.25) is 4.79 Å². The quantitative estimate of drug-likeness (QED) is 0.685. The van der Waals surface area contributed by atoms with Crippen LogP contribution in [-0.2, 0) is 21.1 Å². The number of carbonyl (C=O) groups excluding carboxylic acids is 1. The highest BCUT2D eigenvalue weighted by molar-refractivity contribution is 8.16. The van der Waals surface area contributed by atoms with Crippen molar-refractivity contribution in [1.29, 1.82) is 0 Å². The number of halogens is 2. The van der Waals surface area contributed by atoms with Gasteiger partial charge >= 0.3 is 0 Å². The highest BCUT2D eigenvalue weighted by Gasteiger charge is 2.49.